The molecule has 0 N–H and O–H groups in total. The quantitative estimate of drug-likeness (QED) is 0.842. The third-order valence-corrected chi connectivity index (χ3v) is 3.90. The minimum atomic E-state index is -0.144. The summed E-state index contributed by atoms with van der Waals surface area (Å²) < 4.78 is 5.38. The number of nitriles is 1. The molecule has 2 rings (SSSR count). The van der Waals surface area contributed by atoms with Crippen LogP contribution < -0.4 is 0 Å². The molecule has 0 unspecified atom stereocenters. The van der Waals surface area contributed by atoms with Crippen LogP contribution in [0.15, 0.2) is 47.1 Å². The highest BCUT2D eigenvalue weighted by Crippen LogP contribution is 2.20. The molecule has 2 aromatic rings. The van der Waals surface area contributed by atoms with Crippen molar-refractivity contribution in [3.05, 3.63) is 59.5 Å². The zero-order chi connectivity index (χ0) is 16.1. The van der Waals surface area contributed by atoms with E-state index in [4.69, 9.17) is 4.42 Å². The van der Waals surface area contributed by atoms with Gasteiger partial charge in [-0.15, -0.1) is 0 Å². The van der Waals surface area contributed by atoms with Gasteiger partial charge in [0.05, 0.1) is 30.0 Å². The molecule has 0 spiro atoms. The highest BCUT2D eigenvalue weighted by molar-refractivity contribution is 5.96. The van der Waals surface area contributed by atoms with Gasteiger partial charge in [0.25, 0.3) is 5.91 Å². The molecule has 114 valence electrons. The molecule has 1 aromatic carbocycles. The molecule has 0 saturated heterocycles. The molecule has 0 aliphatic carbocycles. The summed E-state index contributed by atoms with van der Waals surface area (Å²) in [4.78, 5) is 14.7. The number of hydrogen-bond donors (Lipinski definition) is 0. The van der Waals surface area contributed by atoms with Crippen molar-refractivity contribution >= 4 is 5.91 Å². The van der Waals surface area contributed by atoms with Crippen molar-refractivity contribution in [3.8, 4) is 6.07 Å². The zero-order valence-corrected chi connectivity index (χ0v) is 13.1. The average Bonchev–Trinajstić information content (AvgIpc) is 3.04. The largest absolute Gasteiger partial charge is 0.467 e. The third kappa shape index (κ3) is 3.37. The molecular weight excluding hydrogens is 276 g/mol. The lowest BCUT2D eigenvalue weighted by molar-refractivity contribution is 0.0610. The van der Waals surface area contributed by atoms with Crippen molar-refractivity contribution in [3.63, 3.8) is 0 Å². The summed E-state index contributed by atoms with van der Waals surface area (Å²) in [7, 11) is 0. The maximum absolute atomic E-state index is 12.9. The number of amides is 1. The predicted octanol–water partition coefficient (Wildman–Crippen LogP) is 3.84. The molecule has 0 aliphatic heterocycles. The summed E-state index contributed by atoms with van der Waals surface area (Å²) in [5.41, 5.74) is 0.831. The average molecular weight is 296 g/mol. The smallest absolute Gasteiger partial charge is 0.255 e. The first-order valence-electron chi connectivity index (χ1n) is 7.37. The molecule has 0 fully saturated rings. The molecular formula is C18H20N2O2. The molecule has 22 heavy (non-hydrogen) atoms. The van der Waals surface area contributed by atoms with Gasteiger partial charge in [-0.05, 0) is 37.1 Å². The lowest BCUT2D eigenvalue weighted by Crippen LogP contribution is -2.41. The van der Waals surface area contributed by atoms with Gasteiger partial charge in [-0.25, -0.2) is 0 Å². The van der Waals surface area contributed by atoms with E-state index in [1.54, 1.807) is 41.5 Å². The lowest BCUT2D eigenvalue weighted by atomic mass is 10.0. The van der Waals surface area contributed by atoms with Gasteiger partial charge < -0.3 is 9.32 Å². The Labute approximate surface area is 131 Å². The molecule has 0 saturated carbocycles. The van der Waals surface area contributed by atoms with Crippen LogP contribution in [0.1, 0.15) is 42.5 Å². The Morgan fingerprint density at radius 3 is 2.55 bits per heavy atom. The summed E-state index contributed by atoms with van der Waals surface area (Å²) in [6.45, 7) is 6.55. The van der Waals surface area contributed by atoms with E-state index in [9.17, 15) is 10.1 Å². The molecule has 1 amide bonds. The van der Waals surface area contributed by atoms with Crippen LogP contribution in [0.4, 0.5) is 0 Å². The van der Waals surface area contributed by atoms with Crippen molar-refractivity contribution < 1.29 is 9.21 Å². The summed E-state index contributed by atoms with van der Waals surface area (Å²) in [5.74, 6) is 0.887. The van der Waals surface area contributed by atoms with E-state index in [0.29, 0.717) is 23.6 Å². The standard InChI is InChI=1S/C18H20N2O2/c1-13(2)14(3)20(12-16-8-6-10-22-16)18(21)17-9-5-4-7-15(17)11-19/h4-10,13-14H,12H2,1-3H3/t14-/m1/s1. The first-order chi connectivity index (χ1) is 10.5. The SMILES string of the molecule is CC(C)[C@@H](C)N(Cc1ccco1)C(=O)c1ccccc1C#N. The number of furan rings is 1. The Morgan fingerprint density at radius 1 is 1.23 bits per heavy atom. The van der Waals surface area contributed by atoms with Gasteiger partial charge in [-0.2, -0.15) is 5.26 Å². The second-order valence-electron chi connectivity index (χ2n) is 5.65. The van der Waals surface area contributed by atoms with Gasteiger partial charge in [0.1, 0.15) is 5.76 Å². The Bertz CT molecular complexity index is 669. The van der Waals surface area contributed by atoms with Crippen molar-refractivity contribution in [1.29, 1.82) is 5.26 Å². The van der Waals surface area contributed by atoms with Gasteiger partial charge in [-0.3, -0.25) is 4.79 Å². The molecule has 1 heterocycles. The zero-order valence-electron chi connectivity index (χ0n) is 13.1. The number of carbonyl (C=O) groups excluding carboxylic acids is 1. The summed E-state index contributed by atoms with van der Waals surface area (Å²) in [6.07, 6.45) is 1.60. The Hall–Kier alpha value is -2.54. The van der Waals surface area contributed by atoms with E-state index >= 15 is 0 Å². The fraction of sp³-hybridized carbons (Fsp3) is 0.333. The highest BCUT2D eigenvalue weighted by Gasteiger charge is 2.26. The Morgan fingerprint density at radius 2 is 1.95 bits per heavy atom. The minimum Gasteiger partial charge on any atom is -0.467 e. The number of rotatable bonds is 5. The topological polar surface area (TPSA) is 57.2 Å². The van der Waals surface area contributed by atoms with Crippen LogP contribution >= 0.6 is 0 Å². The number of carbonyl (C=O) groups is 1. The first-order valence-corrected chi connectivity index (χ1v) is 7.37. The van der Waals surface area contributed by atoms with Crippen LogP contribution in [0.5, 0.6) is 0 Å². The van der Waals surface area contributed by atoms with Gasteiger partial charge in [0.15, 0.2) is 0 Å². The summed E-state index contributed by atoms with van der Waals surface area (Å²) >= 11 is 0. The molecule has 4 heteroatoms. The first kappa shape index (κ1) is 15.8. The second kappa shape index (κ2) is 6.95. The summed E-state index contributed by atoms with van der Waals surface area (Å²) in [6, 6.07) is 12.7. The van der Waals surface area contributed by atoms with Crippen LogP contribution in [-0.4, -0.2) is 16.8 Å². The van der Waals surface area contributed by atoms with Gasteiger partial charge in [0.2, 0.25) is 0 Å². The normalized spacial score (nSPS) is 12.0. The predicted molar refractivity (Wildman–Crippen MR) is 84.0 cm³/mol. The minimum absolute atomic E-state index is 0.0318. The van der Waals surface area contributed by atoms with Crippen LogP contribution in [0.25, 0.3) is 0 Å². The highest BCUT2D eigenvalue weighted by atomic mass is 16.3. The van der Waals surface area contributed by atoms with Crippen LogP contribution in [0, 0.1) is 17.2 Å². The third-order valence-electron chi connectivity index (χ3n) is 3.90. The van der Waals surface area contributed by atoms with Gasteiger partial charge in [-0.1, -0.05) is 26.0 Å². The number of nitrogens with zero attached hydrogens (tertiary/aromatic N) is 2. The van der Waals surface area contributed by atoms with Crippen molar-refractivity contribution in [2.24, 2.45) is 5.92 Å². The molecule has 1 atom stereocenters. The molecule has 0 bridgehead atoms. The van der Waals surface area contributed by atoms with E-state index in [1.165, 1.54) is 0 Å². The van der Waals surface area contributed by atoms with Crippen molar-refractivity contribution in [2.45, 2.75) is 33.4 Å². The van der Waals surface area contributed by atoms with Crippen LogP contribution in [0.2, 0.25) is 0 Å². The maximum Gasteiger partial charge on any atom is 0.255 e. The maximum atomic E-state index is 12.9. The monoisotopic (exact) mass is 296 g/mol. The van der Waals surface area contributed by atoms with E-state index in [-0.39, 0.29) is 11.9 Å². The lowest BCUT2D eigenvalue weighted by Gasteiger charge is -2.31. The van der Waals surface area contributed by atoms with Crippen molar-refractivity contribution in [2.75, 3.05) is 0 Å². The Kier molecular flexibility index (Phi) is 5.00. The molecule has 0 aliphatic rings. The fourth-order valence-corrected chi connectivity index (χ4v) is 2.25. The Balaban J connectivity index is 2.35. The van der Waals surface area contributed by atoms with Crippen LogP contribution in [-0.2, 0) is 6.54 Å². The van der Waals surface area contributed by atoms with Crippen LogP contribution in [0.3, 0.4) is 0 Å². The van der Waals surface area contributed by atoms with Gasteiger partial charge in [0, 0.05) is 6.04 Å². The second-order valence-corrected chi connectivity index (χ2v) is 5.65. The van der Waals surface area contributed by atoms with E-state index in [0.717, 1.165) is 5.76 Å². The molecule has 1 aromatic heterocycles. The van der Waals surface area contributed by atoms with E-state index in [2.05, 4.69) is 19.9 Å². The number of benzene rings is 1. The summed E-state index contributed by atoms with van der Waals surface area (Å²) in [5, 5.41) is 9.21. The van der Waals surface area contributed by atoms with E-state index < -0.39 is 0 Å². The fourth-order valence-electron chi connectivity index (χ4n) is 2.25. The van der Waals surface area contributed by atoms with Gasteiger partial charge >= 0.3 is 0 Å². The van der Waals surface area contributed by atoms with E-state index in [1.807, 2.05) is 13.0 Å². The molecule has 0 radical (unpaired) electrons. The molecule has 4 nitrogen and oxygen atoms in total. The number of hydrogen-bond acceptors (Lipinski definition) is 3. The van der Waals surface area contributed by atoms with Crippen molar-refractivity contribution in [1.82, 2.24) is 4.90 Å².